The highest BCUT2D eigenvalue weighted by Gasteiger charge is 2.25. The van der Waals surface area contributed by atoms with Crippen molar-refractivity contribution < 1.29 is 4.42 Å². The monoisotopic (exact) mass is 546 g/mol. The molecular weight excluding hydrogens is 516 g/mol. The molecule has 0 aliphatic rings. The van der Waals surface area contributed by atoms with E-state index in [1.807, 2.05) is 24.3 Å². The van der Waals surface area contributed by atoms with Gasteiger partial charge in [-0.1, -0.05) is 82.3 Å². The maximum atomic E-state index is 9.41. The molecule has 0 fully saturated rings. The standard InChI is InChI=1S/C37H30N4O/c1-22(2)30-19-25(24-11-6-5-7-12-24)20-31(23(3)4)34(30)41-33-16-9-8-15-32(33)40-36(41)29-14-10-13-27-28-18-17-26(21-38)39-37(28)42-35(27)29/h5-20,22-23H,1-4H3. The van der Waals surface area contributed by atoms with Gasteiger partial charge in [0.25, 0.3) is 0 Å². The SMILES string of the molecule is CC(C)c1cc(-c2ccccc2)cc(C(C)C)c1-n1c(-c2cccc3c2oc2nc(C#N)ccc23)nc2ccccc21. The lowest BCUT2D eigenvalue weighted by Crippen LogP contribution is -2.09. The minimum absolute atomic E-state index is 0.269. The maximum absolute atomic E-state index is 9.41. The second-order valence-corrected chi connectivity index (χ2v) is 11.4. The number of rotatable bonds is 5. The fraction of sp³-hybridized carbons (Fsp3) is 0.162. The molecule has 0 radical (unpaired) electrons. The van der Waals surface area contributed by atoms with Gasteiger partial charge in [-0.15, -0.1) is 0 Å². The van der Waals surface area contributed by atoms with Gasteiger partial charge >= 0.3 is 0 Å². The van der Waals surface area contributed by atoms with E-state index in [1.165, 1.54) is 27.9 Å². The van der Waals surface area contributed by atoms with Crippen molar-refractivity contribution in [2.75, 3.05) is 0 Å². The third-order valence-electron chi connectivity index (χ3n) is 8.02. The number of nitriles is 1. The minimum atomic E-state index is 0.269. The zero-order chi connectivity index (χ0) is 29.0. The van der Waals surface area contributed by atoms with Crippen LogP contribution < -0.4 is 0 Å². The second-order valence-electron chi connectivity index (χ2n) is 11.4. The maximum Gasteiger partial charge on any atom is 0.228 e. The first-order valence-corrected chi connectivity index (χ1v) is 14.4. The van der Waals surface area contributed by atoms with E-state index in [-0.39, 0.29) is 11.8 Å². The van der Waals surface area contributed by atoms with E-state index < -0.39 is 0 Å². The molecule has 5 heteroatoms. The normalized spacial score (nSPS) is 11.7. The van der Waals surface area contributed by atoms with Gasteiger partial charge in [0.15, 0.2) is 0 Å². The molecule has 0 saturated carbocycles. The Labute approximate surface area is 244 Å². The van der Waals surface area contributed by atoms with Crippen molar-refractivity contribution in [2.24, 2.45) is 0 Å². The molecule has 4 aromatic carbocycles. The quantitative estimate of drug-likeness (QED) is 0.215. The molecule has 0 amide bonds. The number of benzene rings is 4. The van der Waals surface area contributed by atoms with Crippen LogP contribution in [0.5, 0.6) is 0 Å². The van der Waals surface area contributed by atoms with Crippen LogP contribution >= 0.6 is 0 Å². The van der Waals surface area contributed by atoms with Crippen LogP contribution in [-0.2, 0) is 0 Å². The molecule has 3 heterocycles. The zero-order valence-corrected chi connectivity index (χ0v) is 24.1. The number of para-hydroxylation sites is 3. The molecule has 0 saturated heterocycles. The number of aromatic nitrogens is 3. The lowest BCUT2D eigenvalue weighted by Gasteiger charge is -2.24. The number of hydrogen-bond donors (Lipinski definition) is 0. The van der Waals surface area contributed by atoms with E-state index in [0.717, 1.165) is 33.2 Å². The number of nitrogens with zero attached hydrogens (tertiary/aromatic N) is 4. The number of furan rings is 1. The van der Waals surface area contributed by atoms with Crippen LogP contribution in [-0.4, -0.2) is 14.5 Å². The van der Waals surface area contributed by atoms with Crippen molar-refractivity contribution in [3.8, 4) is 34.3 Å². The lowest BCUT2D eigenvalue weighted by atomic mass is 9.88. The van der Waals surface area contributed by atoms with Crippen molar-refractivity contribution in [3.63, 3.8) is 0 Å². The predicted octanol–water partition coefficient (Wildman–Crippen LogP) is 9.77. The van der Waals surface area contributed by atoms with Gasteiger partial charge in [0.1, 0.15) is 23.2 Å². The van der Waals surface area contributed by atoms with Gasteiger partial charge in [-0.3, -0.25) is 4.57 Å². The highest BCUT2D eigenvalue weighted by Crippen LogP contribution is 2.42. The van der Waals surface area contributed by atoms with E-state index >= 15 is 0 Å². The number of pyridine rings is 1. The summed E-state index contributed by atoms with van der Waals surface area (Å²) in [5.41, 5.74) is 10.5. The Bertz CT molecular complexity index is 2130. The third-order valence-corrected chi connectivity index (χ3v) is 8.02. The van der Waals surface area contributed by atoms with Gasteiger partial charge in [-0.25, -0.2) is 9.97 Å². The first-order chi connectivity index (χ1) is 20.4. The van der Waals surface area contributed by atoms with Crippen molar-refractivity contribution in [1.29, 1.82) is 5.26 Å². The molecule has 3 aromatic heterocycles. The molecule has 42 heavy (non-hydrogen) atoms. The average Bonchev–Trinajstić information content (AvgIpc) is 3.58. The molecule has 0 N–H and O–H groups in total. The van der Waals surface area contributed by atoms with Crippen LogP contribution in [0.3, 0.4) is 0 Å². The van der Waals surface area contributed by atoms with Crippen molar-refractivity contribution in [2.45, 2.75) is 39.5 Å². The first-order valence-electron chi connectivity index (χ1n) is 14.4. The van der Waals surface area contributed by atoms with E-state index in [2.05, 4.69) is 110 Å². The van der Waals surface area contributed by atoms with Crippen LogP contribution in [0.2, 0.25) is 0 Å². The Balaban J connectivity index is 1.58. The molecule has 0 aliphatic carbocycles. The smallest absolute Gasteiger partial charge is 0.228 e. The van der Waals surface area contributed by atoms with Gasteiger partial charge in [0.05, 0.1) is 22.3 Å². The molecule has 7 aromatic rings. The van der Waals surface area contributed by atoms with Crippen LogP contribution in [0.1, 0.15) is 56.4 Å². The number of fused-ring (bicyclic) bond motifs is 4. The Morgan fingerprint density at radius 3 is 2.14 bits per heavy atom. The van der Waals surface area contributed by atoms with Crippen LogP contribution in [0, 0.1) is 11.3 Å². The van der Waals surface area contributed by atoms with E-state index in [1.54, 1.807) is 6.07 Å². The molecule has 7 rings (SSSR count). The summed E-state index contributed by atoms with van der Waals surface area (Å²) in [6.45, 7) is 9.04. The van der Waals surface area contributed by atoms with Crippen LogP contribution in [0.4, 0.5) is 0 Å². The van der Waals surface area contributed by atoms with Gasteiger partial charge < -0.3 is 4.42 Å². The van der Waals surface area contributed by atoms with Gasteiger partial charge in [0.2, 0.25) is 5.71 Å². The molecule has 0 spiro atoms. The molecule has 0 unspecified atom stereocenters. The van der Waals surface area contributed by atoms with Gasteiger partial charge in [0, 0.05) is 10.8 Å². The summed E-state index contributed by atoms with van der Waals surface area (Å²) in [5, 5.41) is 11.2. The summed E-state index contributed by atoms with van der Waals surface area (Å²) < 4.78 is 8.71. The Morgan fingerprint density at radius 2 is 1.43 bits per heavy atom. The topological polar surface area (TPSA) is 67.6 Å². The Kier molecular flexibility index (Phi) is 6.13. The average molecular weight is 547 g/mol. The summed E-state index contributed by atoms with van der Waals surface area (Å²) >= 11 is 0. The predicted molar refractivity (Wildman–Crippen MR) is 170 cm³/mol. The number of imidazole rings is 1. The molecule has 0 bridgehead atoms. The fourth-order valence-corrected chi connectivity index (χ4v) is 5.97. The van der Waals surface area contributed by atoms with Crippen LogP contribution in [0.15, 0.2) is 101 Å². The second kappa shape index (κ2) is 10.0. The fourth-order valence-electron chi connectivity index (χ4n) is 5.97. The molecule has 0 aliphatic heterocycles. The Hall–Kier alpha value is -5.21. The zero-order valence-electron chi connectivity index (χ0n) is 24.1. The molecule has 204 valence electrons. The summed E-state index contributed by atoms with van der Waals surface area (Å²) in [7, 11) is 0. The van der Waals surface area contributed by atoms with Gasteiger partial charge in [-0.2, -0.15) is 5.26 Å². The van der Waals surface area contributed by atoms with E-state index in [4.69, 9.17) is 9.40 Å². The largest absolute Gasteiger partial charge is 0.437 e. The number of hydrogen-bond acceptors (Lipinski definition) is 4. The Morgan fingerprint density at radius 1 is 0.714 bits per heavy atom. The van der Waals surface area contributed by atoms with Crippen molar-refractivity contribution in [1.82, 2.24) is 14.5 Å². The molecule has 0 atom stereocenters. The van der Waals surface area contributed by atoms with Crippen molar-refractivity contribution >= 4 is 33.1 Å². The summed E-state index contributed by atoms with van der Waals surface area (Å²) in [6, 6.07) is 35.5. The highest BCUT2D eigenvalue weighted by molar-refractivity contribution is 6.08. The minimum Gasteiger partial charge on any atom is -0.437 e. The highest BCUT2D eigenvalue weighted by atomic mass is 16.3. The molecule has 5 nitrogen and oxygen atoms in total. The summed E-state index contributed by atoms with van der Waals surface area (Å²) in [6.07, 6.45) is 0. The van der Waals surface area contributed by atoms with E-state index in [0.29, 0.717) is 17.0 Å². The summed E-state index contributed by atoms with van der Waals surface area (Å²) in [4.78, 5) is 9.67. The van der Waals surface area contributed by atoms with Crippen LogP contribution in [0.25, 0.3) is 61.3 Å². The third kappa shape index (κ3) is 4.07. The first kappa shape index (κ1) is 25.7. The molecular formula is C37H30N4O. The lowest BCUT2D eigenvalue weighted by molar-refractivity contribution is 0.654. The van der Waals surface area contributed by atoms with E-state index in [9.17, 15) is 5.26 Å². The van der Waals surface area contributed by atoms with Gasteiger partial charge in [-0.05, 0) is 76.6 Å². The summed E-state index contributed by atoms with van der Waals surface area (Å²) in [5.74, 6) is 1.36. The van der Waals surface area contributed by atoms with Crippen molar-refractivity contribution in [3.05, 3.63) is 114 Å².